The summed E-state index contributed by atoms with van der Waals surface area (Å²) in [5.74, 6) is -0.0844. The minimum Gasteiger partial charge on any atom is -0.345 e. The minimum atomic E-state index is -0.0844. The van der Waals surface area contributed by atoms with Crippen molar-refractivity contribution < 1.29 is 4.79 Å². The average Bonchev–Trinajstić information content (AvgIpc) is 2.84. The summed E-state index contributed by atoms with van der Waals surface area (Å²) < 4.78 is 1.62. The number of rotatable bonds is 3. The summed E-state index contributed by atoms with van der Waals surface area (Å²) in [6, 6.07) is 2.15. The maximum atomic E-state index is 12.0. The van der Waals surface area contributed by atoms with Gasteiger partial charge in [-0.05, 0) is 32.4 Å². The van der Waals surface area contributed by atoms with Crippen LogP contribution in [-0.4, -0.2) is 15.7 Å². The summed E-state index contributed by atoms with van der Waals surface area (Å²) in [6.07, 6.45) is 3.29. The van der Waals surface area contributed by atoms with Crippen LogP contribution in [0.5, 0.6) is 0 Å². The minimum absolute atomic E-state index is 0.0163. The number of nitrogens with one attached hydrogen (secondary N) is 1. The van der Waals surface area contributed by atoms with Crippen LogP contribution in [0.3, 0.4) is 0 Å². The van der Waals surface area contributed by atoms with Crippen molar-refractivity contribution in [1.82, 2.24) is 15.1 Å². The second-order valence-electron chi connectivity index (χ2n) is 4.47. The summed E-state index contributed by atoms with van der Waals surface area (Å²) >= 11 is 1.76. The van der Waals surface area contributed by atoms with E-state index < -0.39 is 0 Å². The van der Waals surface area contributed by atoms with Crippen LogP contribution in [0.4, 0.5) is 0 Å². The molecule has 1 N–H and O–H groups in total. The van der Waals surface area contributed by atoms with Crippen LogP contribution in [0.2, 0.25) is 0 Å². The Morgan fingerprint density at radius 1 is 1.50 bits per heavy atom. The number of hydrogen-bond donors (Lipinski definition) is 1. The molecule has 1 atom stereocenters. The first kappa shape index (κ1) is 12.8. The highest BCUT2D eigenvalue weighted by Gasteiger charge is 2.15. The van der Waals surface area contributed by atoms with Crippen molar-refractivity contribution in [2.24, 2.45) is 7.05 Å². The molecule has 0 aromatic carbocycles. The molecule has 0 aliphatic carbocycles. The van der Waals surface area contributed by atoms with Crippen molar-refractivity contribution in [3.8, 4) is 0 Å². The van der Waals surface area contributed by atoms with Gasteiger partial charge in [0.05, 0.1) is 17.8 Å². The molecule has 1 amide bonds. The molecule has 0 bridgehead atoms. The van der Waals surface area contributed by atoms with Gasteiger partial charge in [-0.15, -0.1) is 11.3 Å². The van der Waals surface area contributed by atoms with Gasteiger partial charge in [-0.25, -0.2) is 0 Å². The highest BCUT2D eigenvalue weighted by molar-refractivity contribution is 7.12. The molecule has 18 heavy (non-hydrogen) atoms. The Labute approximate surface area is 111 Å². The van der Waals surface area contributed by atoms with Gasteiger partial charge >= 0.3 is 0 Å². The van der Waals surface area contributed by atoms with Gasteiger partial charge in [-0.1, -0.05) is 0 Å². The Morgan fingerprint density at radius 3 is 2.72 bits per heavy atom. The number of hydrogen-bond acceptors (Lipinski definition) is 3. The average molecular weight is 263 g/mol. The number of carbonyl (C=O) groups is 1. The van der Waals surface area contributed by atoms with Gasteiger partial charge in [0.15, 0.2) is 0 Å². The topological polar surface area (TPSA) is 46.9 Å². The fourth-order valence-electron chi connectivity index (χ4n) is 1.98. The number of aryl methyl sites for hydroxylation is 3. The molecule has 2 aromatic heterocycles. The fourth-order valence-corrected chi connectivity index (χ4v) is 3.00. The third kappa shape index (κ3) is 2.61. The van der Waals surface area contributed by atoms with Crippen LogP contribution in [0.1, 0.15) is 38.6 Å². The molecule has 96 valence electrons. The maximum absolute atomic E-state index is 12.0. The van der Waals surface area contributed by atoms with E-state index in [9.17, 15) is 4.79 Å². The summed E-state index contributed by atoms with van der Waals surface area (Å²) in [7, 11) is 1.80. The Morgan fingerprint density at radius 2 is 2.22 bits per heavy atom. The van der Waals surface area contributed by atoms with E-state index in [2.05, 4.69) is 30.3 Å². The fraction of sp³-hybridized carbons (Fsp3) is 0.385. The Kier molecular flexibility index (Phi) is 3.52. The highest BCUT2D eigenvalue weighted by Crippen LogP contribution is 2.26. The van der Waals surface area contributed by atoms with E-state index in [1.165, 1.54) is 15.3 Å². The van der Waals surface area contributed by atoms with Crippen LogP contribution in [0.25, 0.3) is 0 Å². The molecule has 2 rings (SSSR count). The van der Waals surface area contributed by atoms with E-state index in [1.54, 1.807) is 35.5 Å². The monoisotopic (exact) mass is 263 g/mol. The molecule has 0 fully saturated rings. The molecule has 2 aromatic rings. The first-order valence-corrected chi connectivity index (χ1v) is 6.65. The van der Waals surface area contributed by atoms with Crippen LogP contribution >= 0.6 is 11.3 Å². The van der Waals surface area contributed by atoms with Crippen molar-refractivity contribution in [3.05, 3.63) is 39.3 Å². The van der Waals surface area contributed by atoms with Crippen molar-refractivity contribution in [2.75, 3.05) is 0 Å². The van der Waals surface area contributed by atoms with Crippen molar-refractivity contribution in [3.63, 3.8) is 0 Å². The van der Waals surface area contributed by atoms with Crippen molar-refractivity contribution >= 4 is 17.2 Å². The molecule has 0 aliphatic heterocycles. The Hall–Kier alpha value is -1.62. The molecule has 0 aliphatic rings. The maximum Gasteiger partial charge on any atom is 0.254 e. The van der Waals surface area contributed by atoms with E-state index in [0.29, 0.717) is 5.56 Å². The summed E-state index contributed by atoms with van der Waals surface area (Å²) in [5.41, 5.74) is 1.78. The van der Waals surface area contributed by atoms with E-state index >= 15 is 0 Å². The molecule has 0 saturated heterocycles. The Bertz CT molecular complexity index is 571. The van der Waals surface area contributed by atoms with Gasteiger partial charge < -0.3 is 5.32 Å². The molecular formula is C13H17N3OS. The largest absolute Gasteiger partial charge is 0.345 e. The van der Waals surface area contributed by atoms with Gasteiger partial charge in [0, 0.05) is 23.0 Å². The van der Waals surface area contributed by atoms with Crippen LogP contribution < -0.4 is 5.32 Å². The third-order valence-electron chi connectivity index (χ3n) is 2.86. The third-order valence-corrected chi connectivity index (χ3v) is 3.84. The lowest BCUT2D eigenvalue weighted by Gasteiger charge is -2.13. The van der Waals surface area contributed by atoms with Gasteiger partial charge in [0.25, 0.3) is 5.91 Å². The lowest BCUT2D eigenvalue weighted by molar-refractivity contribution is 0.0940. The lowest BCUT2D eigenvalue weighted by atomic mass is 10.1. The number of nitrogens with zero attached hydrogens (tertiary/aromatic N) is 2. The molecule has 0 radical (unpaired) electrons. The molecule has 0 unspecified atom stereocenters. The lowest BCUT2D eigenvalue weighted by Crippen LogP contribution is -2.26. The zero-order valence-corrected chi connectivity index (χ0v) is 11.8. The smallest absolute Gasteiger partial charge is 0.254 e. The quantitative estimate of drug-likeness (QED) is 0.925. The first-order valence-electron chi connectivity index (χ1n) is 5.84. The van der Waals surface area contributed by atoms with Crippen molar-refractivity contribution in [2.45, 2.75) is 26.8 Å². The van der Waals surface area contributed by atoms with E-state index in [0.717, 1.165) is 0 Å². The van der Waals surface area contributed by atoms with Crippen molar-refractivity contribution in [1.29, 1.82) is 0 Å². The van der Waals surface area contributed by atoms with Gasteiger partial charge in [0.2, 0.25) is 0 Å². The van der Waals surface area contributed by atoms with Crippen LogP contribution in [0.15, 0.2) is 18.5 Å². The second-order valence-corrected chi connectivity index (χ2v) is 5.93. The van der Waals surface area contributed by atoms with Gasteiger partial charge in [-0.3, -0.25) is 9.48 Å². The van der Waals surface area contributed by atoms with Crippen LogP contribution in [-0.2, 0) is 7.05 Å². The van der Waals surface area contributed by atoms with Gasteiger partial charge in [-0.2, -0.15) is 5.10 Å². The molecule has 0 spiro atoms. The molecule has 5 heteroatoms. The first-order chi connectivity index (χ1) is 8.47. The predicted molar refractivity (Wildman–Crippen MR) is 72.9 cm³/mol. The van der Waals surface area contributed by atoms with E-state index in [4.69, 9.17) is 0 Å². The molecule has 4 nitrogen and oxygen atoms in total. The van der Waals surface area contributed by atoms with Crippen LogP contribution in [0, 0.1) is 13.8 Å². The normalized spacial score (nSPS) is 12.4. The number of amides is 1. The number of thiophene rings is 1. The van der Waals surface area contributed by atoms with E-state index in [1.807, 2.05) is 6.92 Å². The van der Waals surface area contributed by atoms with Gasteiger partial charge in [0.1, 0.15) is 0 Å². The number of carbonyl (C=O) groups excluding carboxylic acids is 1. The predicted octanol–water partition coefficient (Wildman–Crippen LogP) is 2.59. The highest BCUT2D eigenvalue weighted by atomic mass is 32.1. The number of aromatic nitrogens is 2. The summed E-state index contributed by atoms with van der Waals surface area (Å²) in [5, 5.41) is 6.99. The summed E-state index contributed by atoms with van der Waals surface area (Å²) in [4.78, 5) is 14.5. The zero-order chi connectivity index (χ0) is 13.3. The SMILES string of the molecule is Cc1cc([C@@H](C)NC(=O)c2cnn(C)c2)c(C)s1. The molecule has 0 saturated carbocycles. The molecular weight excluding hydrogens is 246 g/mol. The standard InChI is InChI=1S/C13H17N3OS/c1-8-5-12(10(3)18-8)9(2)15-13(17)11-6-14-16(4)7-11/h5-7,9H,1-4H3,(H,15,17)/t9-/m1/s1. The zero-order valence-electron chi connectivity index (χ0n) is 11.0. The van der Waals surface area contributed by atoms with E-state index in [-0.39, 0.29) is 11.9 Å². The second kappa shape index (κ2) is 4.94. The Balaban J connectivity index is 2.10. The molecule has 2 heterocycles. The summed E-state index contributed by atoms with van der Waals surface area (Å²) in [6.45, 7) is 6.17.